The third-order valence-corrected chi connectivity index (χ3v) is 12.4. The van der Waals surface area contributed by atoms with Crippen molar-refractivity contribution >= 4 is 23.9 Å². The first-order valence-electron chi connectivity index (χ1n) is 26.8. The number of hydrogen-bond acceptors (Lipinski definition) is 10. The molecule has 0 rings (SSSR count). The van der Waals surface area contributed by atoms with E-state index < -0.39 is 6.10 Å². The molecule has 0 saturated carbocycles. The maximum atomic E-state index is 13.0. The minimum atomic E-state index is -0.594. The molecule has 0 heterocycles. The SMILES string of the molecule is CCCCCCCCC(CCCCCC)C(=O)OCCCCCC(=O)OCC(CN(CC)CCCCO)OC(=O)CCCCCOC(=O)C(CCCCCC)CCCCCCCC. The van der Waals surface area contributed by atoms with E-state index in [-0.39, 0.29) is 61.8 Å². The van der Waals surface area contributed by atoms with Gasteiger partial charge in [0.2, 0.25) is 0 Å². The lowest BCUT2D eigenvalue weighted by molar-refractivity contribution is -0.160. The maximum Gasteiger partial charge on any atom is 0.308 e. The number of likely N-dealkylation sites (N-methyl/N-ethyl adjacent to an activating group) is 1. The Bertz CT molecular complexity index is 1060. The van der Waals surface area contributed by atoms with E-state index in [1.807, 2.05) is 6.92 Å². The second kappa shape index (κ2) is 46.3. The van der Waals surface area contributed by atoms with Gasteiger partial charge in [0.05, 0.1) is 25.0 Å². The summed E-state index contributed by atoms with van der Waals surface area (Å²) in [6.07, 6.45) is 33.1. The van der Waals surface area contributed by atoms with Gasteiger partial charge in [0.15, 0.2) is 0 Å². The number of aliphatic hydroxyl groups is 1. The molecule has 1 N–H and O–H groups in total. The molecule has 0 amide bonds. The molecule has 0 bridgehead atoms. The van der Waals surface area contributed by atoms with E-state index in [0.717, 1.165) is 96.6 Å². The van der Waals surface area contributed by atoms with Gasteiger partial charge in [0, 0.05) is 26.0 Å². The minimum absolute atomic E-state index is 0.00869. The molecule has 10 nitrogen and oxygen atoms in total. The zero-order valence-electron chi connectivity index (χ0n) is 41.9. The van der Waals surface area contributed by atoms with Crippen molar-refractivity contribution < 1.29 is 43.2 Å². The summed E-state index contributed by atoms with van der Waals surface area (Å²) in [6, 6.07) is 0. The molecular formula is C53H101NO9. The lowest BCUT2D eigenvalue weighted by atomic mass is 9.94. The van der Waals surface area contributed by atoms with Crippen LogP contribution in [0.15, 0.2) is 0 Å². The van der Waals surface area contributed by atoms with E-state index >= 15 is 0 Å². The van der Waals surface area contributed by atoms with Gasteiger partial charge in [-0.1, -0.05) is 163 Å². The smallest absolute Gasteiger partial charge is 0.308 e. The summed E-state index contributed by atoms with van der Waals surface area (Å²) < 4.78 is 23.0. The van der Waals surface area contributed by atoms with Crippen LogP contribution < -0.4 is 0 Å². The Morgan fingerprint density at radius 1 is 0.444 bits per heavy atom. The minimum Gasteiger partial charge on any atom is -0.465 e. The predicted molar refractivity (Wildman–Crippen MR) is 259 cm³/mol. The van der Waals surface area contributed by atoms with Crippen molar-refractivity contribution in [3.63, 3.8) is 0 Å². The van der Waals surface area contributed by atoms with E-state index in [2.05, 4.69) is 32.6 Å². The van der Waals surface area contributed by atoms with Crippen LogP contribution in [0.3, 0.4) is 0 Å². The van der Waals surface area contributed by atoms with Crippen LogP contribution in [0.5, 0.6) is 0 Å². The highest BCUT2D eigenvalue weighted by molar-refractivity contribution is 5.73. The van der Waals surface area contributed by atoms with Crippen LogP contribution in [0, 0.1) is 11.8 Å². The lowest BCUT2D eigenvalue weighted by Gasteiger charge is -2.26. The van der Waals surface area contributed by atoms with Crippen LogP contribution in [-0.2, 0) is 38.1 Å². The average Bonchev–Trinajstić information content (AvgIpc) is 3.28. The molecule has 0 aliphatic rings. The molecule has 0 spiro atoms. The second-order valence-electron chi connectivity index (χ2n) is 18.3. The molecule has 0 aromatic heterocycles. The molecular weight excluding hydrogens is 795 g/mol. The molecule has 0 fully saturated rings. The zero-order valence-corrected chi connectivity index (χ0v) is 41.9. The van der Waals surface area contributed by atoms with Gasteiger partial charge in [0.25, 0.3) is 0 Å². The number of carbonyl (C=O) groups excluding carboxylic acids is 4. The summed E-state index contributed by atoms with van der Waals surface area (Å²) >= 11 is 0. The van der Waals surface area contributed by atoms with E-state index in [0.29, 0.717) is 51.9 Å². The number of unbranched alkanes of at least 4 members (excludes halogenated alkanes) is 21. The van der Waals surface area contributed by atoms with Gasteiger partial charge in [-0.05, 0) is 90.1 Å². The second-order valence-corrected chi connectivity index (χ2v) is 18.3. The van der Waals surface area contributed by atoms with Crippen LogP contribution >= 0.6 is 0 Å². The van der Waals surface area contributed by atoms with Crippen molar-refractivity contribution in [1.29, 1.82) is 0 Å². The highest BCUT2D eigenvalue weighted by Crippen LogP contribution is 2.22. The van der Waals surface area contributed by atoms with Gasteiger partial charge in [-0.3, -0.25) is 24.1 Å². The van der Waals surface area contributed by atoms with Crippen molar-refractivity contribution in [1.82, 2.24) is 4.90 Å². The van der Waals surface area contributed by atoms with Gasteiger partial charge in [-0.25, -0.2) is 0 Å². The van der Waals surface area contributed by atoms with Gasteiger partial charge >= 0.3 is 23.9 Å². The molecule has 10 heteroatoms. The summed E-state index contributed by atoms with van der Waals surface area (Å²) in [4.78, 5) is 53.9. The van der Waals surface area contributed by atoms with Crippen LogP contribution in [-0.4, -0.2) is 86.0 Å². The van der Waals surface area contributed by atoms with Gasteiger partial charge in [-0.2, -0.15) is 0 Å². The standard InChI is InChI=1S/C53H101NO9/c1-6-11-15-19-21-27-37-47(35-25-17-13-8-3)52(58)60-43-33-23-29-39-50(56)62-46-49(45-54(10-5)41-31-32-42-55)63-51(57)40-30-24-34-44-61-53(59)48(36-26-18-14-9-4)38-28-22-20-16-12-7-2/h47-49,55H,6-46H2,1-5H3. The number of hydrogen-bond donors (Lipinski definition) is 1. The lowest BCUT2D eigenvalue weighted by Crippen LogP contribution is -2.39. The molecule has 0 aromatic carbocycles. The predicted octanol–water partition coefficient (Wildman–Crippen LogP) is 13.4. The quantitative estimate of drug-likeness (QED) is 0.0358. The van der Waals surface area contributed by atoms with Gasteiger partial charge in [-0.15, -0.1) is 0 Å². The number of aliphatic hydroxyl groups excluding tert-OH is 1. The molecule has 0 aliphatic carbocycles. The molecule has 3 atom stereocenters. The number of carbonyl (C=O) groups is 4. The largest absolute Gasteiger partial charge is 0.465 e. The first-order valence-corrected chi connectivity index (χ1v) is 26.8. The Morgan fingerprint density at radius 3 is 1.27 bits per heavy atom. The molecule has 3 unspecified atom stereocenters. The number of ether oxygens (including phenoxy) is 4. The van der Waals surface area contributed by atoms with E-state index in [1.165, 1.54) is 89.9 Å². The molecule has 0 aromatic rings. The Labute approximate surface area is 387 Å². The summed E-state index contributed by atoms with van der Waals surface area (Å²) in [7, 11) is 0. The number of rotatable bonds is 48. The molecule has 0 radical (unpaired) electrons. The molecule has 0 aliphatic heterocycles. The zero-order chi connectivity index (χ0) is 46.4. The van der Waals surface area contributed by atoms with Gasteiger partial charge < -0.3 is 24.1 Å². The first kappa shape index (κ1) is 60.8. The van der Waals surface area contributed by atoms with Crippen molar-refractivity contribution in [2.45, 2.75) is 259 Å². The number of esters is 4. The highest BCUT2D eigenvalue weighted by atomic mass is 16.6. The van der Waals surface area contributed by atoms with Crippen LogP contribution in [0.1, 0.15) is 253 Å². The Hall–Kier alpha value is -2.20. The van der Waals surface area contributed by atoms with E-state index in [4.69, 9.17) is 18.9 Å². The molecule has 63 heavy (non-hydrogen) atoms. The molecule has 0 saturated heterocycles. The van der Waals surface area contributed by atoms with Crippen molar-refractivity contribution in [2.75, 3.05) is 46.1 Å². The summed E-state index contributed by atoms with van der Waals surface area (Å²) in [5, 5.41) is 9.27. The van der Waals surface area contributed by atoms with Crippen LogP contribution in [0.4, 0.5) is 0 Å². The Balaban J connectivity index is 4.79. The van der Waals surface area contributed by atoms with Crippen molar-refractivity contribution in [3.8, 4) is 0 Å². The summed E-state index contributed by atoms with van der Waals surface area (Å²) in [5.74, 6) is -0.801. The number of nitrogens with zero attached hydrogens (tertiary/aromatic N) is 1. The highest BCUT2D eigenvalue weighted by Gasteiger charge is 2.22. The normalized spacial score (nSPS) is 12.9. The Morgan fingerprint density at radius 2 is 0.841 bits per heavy atom. The average molecular weight is 896 g/mol. The van der Waals surface area contributed by atoms with Gasteiger partial charge in [0.1, 0.15) is 12.7 Å². The van der Waals surface area contributed by atoms with Crippen molar-refractivity contribution in [3.05, 3.63) is 0 Å². The van der Waals surface area contributed by atoms with Crippen molar-refractivity contribution in [2.24, 2.45) is 11.8 Å². The Kier molecular flexibility index (Phi) is 44.7. The fraction of sp³-hybridized carbons (Fsp3) is 0.925. The first-order chi connectivity index (χ1) is 30.8. The van der Waals surface area contributed by atoms with E-state index in [9.17, 15) is 24.3 Å². The maximum absolute atomic E-state index is 13.0. The van der Waals surface area contributed by atoms with Crippen LogP contribution in [0.25, 0.3) is 0 Å². The molecule has 372 valence electrons. The third-order valence-electron chi connectivity index (χ3n) is 12.4. The third kappa shape index (κ3) is 38.8. The topological polar surface area (TPSA) is 129 Å². The fourth-order valence-corrected chi connectivity index (χ4v) is 8.16. The fourth-order valence-electron chi connectivity index (χ4n) is 8.16. The van der Waals surface area contributed by atoms with E-state index in [1.54, 1.807) is 0 Å². The monoisotopic (exact) mass is 896 g/mol. The summed E-state index contributed by atoms with van der Waals surface area (Å²) in [6.45, 7) is 13.7. The van der Waals surface area contributed by atoms with Crippen LogP contribution in [0.2, 0.25) is 0 Å². The summed E-state index contributed by atoms with van der Waals surface area (Å²) in [5.41, 5.74) is 0.